The van der Waals surface area contributed by atoms with Gasteiger partial charge in [0.15, 0.2) is 0 Å². The van der Waals surface area contributed by atoms with Crippen LogP contribution >= 0.6 is 0 Å². The maximum atomic E-state index is 3.99. The molecule has 0 heterocycles. The van der Waals surface area contributed by atoms with Crippen LogP contribution in [0.3, 0.4) is 0 Å². The van der Waals surface area contributed by atoms with Crippen LogP contribution in [0.15, 0.2) is 48.7 Å². The van der Waals surface area contributed by atoms with Crippen LogP contribution in [0.4, 0.5) is 0 Å². The van der Waals surface area contributed by atoms with Crippen LogP contribution in [0, 0.1) is 6.92 Å². The molecule has 0 amide bonds. The van der Waals surface area contributed by atoms with Crippen molar-refractivity contribution in [1.29, 1.82) is 0 Å². The van der Waals surface area contributed by atoms with Crippen LogP contribution in [-0.4, -0.2) is 6.54 Å². The molecule has 1 nitrogen and oxygen atoms in total. The highest BCUT2D eigenvalue weighted by atomic mass is 14.9. The summed E-state index contributed by atoms with van der Waals surface area (Å²) in [5.74, 6) is 0. The predicted molar refractivity (Wildman–Crippen MR) is 66.5 cm³/mol. The largest absolute Gasteiger partial charge is 0.381 e. The number of hydrogen-bond acceptors (Lipinski definition) is 1. The monoisotopic (exact) mass is 199 g/mol. The normalized spacial score (nSPS) is 9.20. The Balaban J connectivity index is 2.62. The fourth-order valence-electron chi connectivity index (χ4n) is 1.16. The van der Waals surface area contributed by atoms with Gasteiger partial charge in [0, 0.05) is 12.2 Å². The zero-order chi connectivity index (χ0) is 11.3. The molecule has 0 saturated carbocycles. The number of hydrogen-bond donors (Lipinski definition) is 1. The van der Waals surface area contributed by atoms with E-state index in [1.165, 1.54) is 5.56 Å². The second kappa shape index (κ2) is 5.23. The molecule has 15 heavy (non-hydrogen) atoms. The highest BCUT2D eigenvalue weighted by Gasteiger charge is 1.97. The van der Waals surface area contributed by atoms with Gasteiger partial charge < -0.3 is 5.32 Å². The van der Waals surface area contributed by atoms with Gasteiger partial charge in [-0.3, -0.25) is 0 Å². The van der Waals surface area contributed by atoms with Gasteiger partial charge in [0.1, 0.15) is 0 Å². The summed E-state index contributed by atoms with van der Waals surface area (Å²) in [4.78, 5) is 0. The lowest BCUT2D eigenvalue weighted by atomic mass is 10.1. The van der Waals surface area contributed by atoms with E-state index in [4.69, 9.17) is 0 Å². The Labute approximate surface area is 91.8 Å². The first-order valence-corrected chi connectivity index (χ1v) is 4.99. The van der Waals surface area contributed by atoms with E-state index in [9.17, 15) is 0 Å². The number of benzene rings is 1. The molecule has 0 spiro atoms. The number of nitrogens with one attached hydrogen (secondary N) is 1. The molecule has 0 aliphatic rings. The lowest BCUT2D eigenvalue weighted by Crippen LogP contribution is -2.13. The van der Waals surface area contributed by atoms with E-state index in [1.54, 1.807) is 0 Å². The van der Waals surface area contributed by atoms with Gasteiger partial charge in [-0.1, -0.05) is 43.0 Å². The Kier molecular flexibility index (Phi) is 3.96. The fourth-order valence-corrected chi connectivity index (χ4v) is 1.16. The molecular weight excluding hydrogens is 182 g/mol. The minimum Gasteiger partial charge on any atom is -0.381 e. The average Bonchev–Trinajstić information content (AvgIpc) is 2.26. The van der Waals surface area contributed by atoms with Gasteiger partial charge in [-0.05, 0) is 25.0 Å². The van der Waals surface area contributed by atoms with Gasteiger partial charge in [0.05, 0.1) is 0 Å². The molecular formula is C14H17N. The minimum absolute atomic E-state index is 0.746. The first-order valence-electron chi connectivity index (χ1n) is 4.99. The van der Waals surface area contributed by atoms with Crippen LogP contribution in [0.2, 0.25) is 0 Å². The predicted octanol–water partition coefficient (Wildman–Crippen LogP) is 3.29. The summed E-state index contributed by atoms with van der Waals surface area (Å²) < 4.78 is 0. The molecule has 0 aromatic heterocycles. The Hall–Kier alpha value is -1.72. The van der Waals surface area contributed by atoms with Crippen molar-refractivity contribution in [3.05, 3.63) is 59.9 Å². The lowest BCUT2D eigenvalue weighted by Gasteiger charge is -2.09. The van der Waals surface area contributed by atoms with Crippen molar-refractivity contribution in [1.82, 2.24) is 5.32 Å². The van der Waals surface area contributed by atoms with Crippen LogP contribution in [0.25, 0.3) is 5.70 Å². The van der Waals surface area contributed by atoms with Gasteiger partial charge in [-0.15, -0.1) is 5.73 Å². The van der Waals surface area contributed by atoms with Gasteiger partial charge in [0.2, 0.25) is 0 Å². The lowest BCUT2D eigenvalue weighted by molar-refractivity contribution is 0.960. The second-order valence-electron chi connectivity index (χ2n) is 3.66. The number of rotatable bonds is 4. The summed E-state index contributed by atoms with van der Waals surface area (Å²) in [7, 11) is 0. The maximum absolute atomic E-state index is 3.99. The summed E-state index contributed by atoms with van der Waals surface area (Å²) in [5.41, 5.74) is 7.25. The third kappa shape index (κ3) is 3.49. The fraction of sp³-hybridized carbons (Fsp3) is 0.214. The summed E-state index contributed by atoms with van der Waals surface area (Å²) in [6.07, 6.45) is 0. The molecule has 1 N–H and O–H groups in total. The first kappa shape index (κ1) is 11.4. The topological polar surface area (TPSA) is 12.0 Å². The van der Waals surface area contributed by atoms with Crippen LogP contribution in [0.1, 0.15) is 18.1 Å². The standard InChI is InChI=1S/C14H17N/c1-5-11(2)10-15-13(4)14-8-6-12(3)7-9-14/h6-9,15H,1,4,10H2,2-3H3. The van der Waals surface area contributed by atoms with Gasteiger partial charge in [-0.2, -0.15) is 0 Å². The van der Waals surface area contributed by atoms with Crippen molar-refractivity contribution < 1.29 is 0 Å². The zero-order valence-corrected chi connectivity index (χ0v) is 9.43. The van der Waals surface area contributed by atoms with E-state index in [2.05, 4.69) is 55.4 Å². The van der Waals surface area contributed by atoms with Crippen molar-refractivity contribution in [2.75, 3.05) is 6.54 Å². The summed E-state index contributed by atoms with van der Waals surface area (Å²) in [6, 6.07) is 8.30. The van der Waals surface area contributed by atoms with Crippen molar-refractivity contribution in [3.63, 3.8) is 0 Å². The van der Waals surface area contributed by atoms with E-state index in [-0.39, 0.29) is 0 Å². The molecule has 0 bridgehead atoms. The van der Waals surface area contributed by atoms with E-state index in [0.717, 1.165) is 23.4 Å². The van der Waals surface area contributed by atoms with Crippen molar-refractivity contribution in [2.45, 2.75) is 13.8 Å². The Morgan fingerprint density at radius 1 is 1.33 bits per heavy atom. The van der Waals surface area contributed by atoms with Gasteiger partial charge in [0.25, 0.3) is 0 Å². The molecule has 1 heteroatoms. The SMILES string of the molecule is C=C=C(C)CNC(=C)c1ccc(C)cc1. The molecule has 0 aliphatic heterocycles. The van der Waals surface area contributed by atoms with Gasteiger partial charge >= 0.3 is 0 Å². The number of aryl methyl sites for hydroxylation is 1. The van der Waals surface area contributed by atoms with E-state index >= 15 is 0 Å². The molecule has 0 aliphatic carbocycles. The smallest absolute Gasteiger partial charge is 0.0432 e. The Morgan fingerprint density at radius 2 is 1.93 bits per heavy atom. The van der Waals surface area contributed by atoms with Crippen LogP contribution in [0.5, 0.6) is 0 Å². The summed E-state index contributed by atoms with van der Waals surface area (Å²) >= 11 is 0. The molecule has 0 atom stereocenters. The van der Waals surface area contributed by atoms with Gasteiger partial charge in [-0.25, -0.2) is 0 Å². The third-order valence-electron chi connectivity index (χ3n) is 2.27. The second-order valence-corrected chi connectivity index (χ2v) is 3.66. The van der Waals surface area contributed by atoms with E-state index in [0.29, 0.717) is 0 Å². The van der Waals surface area contributed by atoms with Crippen molar-refractivity contribution >= 4 is 5.70 Å². The average molecular weight is 199 g/mol. The molecule has 0 fully saturated rings. The first-order chi connectivity index (χ1) is 7.13. The van der Waals surface area contributed by atoms with Crippen LogP contribution in [-0.2, 0) is 0 Å². The van der Waals surface area contributed by atoms with Crippen molar-refractivity contribution in [3.8, 4) is 0 Å². The Morgan fingerprint density at radius 3 is 2.47 bits per heavy atom. The summed E-state index contributed by atoms with van der Waals surface area (Å²) in [5, 5.41) is 3.24. The molecule has 0 saturated heterocycles. The molecule has 1 rings (SSSR count). The molecule has 1 aromatic rings. The molecule has 1 aromatic carbocycles. The van der Waals surface area contributed by atoms with E-state index < -0.39 is 0 Å². The van der Waals surface area contributed by atoms with Crippen molar-refractivity contribution in [2.24, 2.45) is 0 Å². The van der Waals surface area contributed by atoms with Crippen LogP contribution < -0.4 is 5.32 Å². The molecule has 0 radical (unpaired) electrons. The highest BCUT2D eigenvalue weighted by Crippen LogP contribution is 2.10. The summed E-state index contributed by atoms with van der Waals surface area (Å²) in [6.45, 7) is 12.4. The quantitative estimate of drug-likeness (QED) is 0.734. The zero-order valence-electron chi connectivity index (χ0n) is 9.43. The maximum Gasteiger partial charge on any atom is 0.0432 e. The molecule has 0 unspecified atom stereocenters. The molecule has 78 valence electrons. The minimum atomic E-state index is 0.746. The Bertz CT molecular complexity index is 392. The van der Waals surface area contributed by atoms with E-state index in [1.807, 2.05) is 6.92 Å². The highest BCUT2D eigenvalue weighted by molar-refractivity contribution is 5.61. The third-order valence-corrected chi connectivity index (χ3v) is 2.27.